The second-order valence-electron chi connectivity index (χ2n) is 5.55. The summed E-state index contributed by atoms with van der Waals surface area (Å²) >= 11 is 9.65. The molecule has 7 heteroatoms. The van der Waals surface area contributed by atoms with Crippen LogP contribution in [-0.4, -0.2) is 25.3 Å². The van der Waals surface area contributed by atoms with E-state index >= 15 is 0 Å². The van der Waals surface area contributed by atoms with Crippen LogP contribution in [-0.2, 0) is 0 Å². The summed E-state index contributed by atoms with van der Waals surface area (Å²) in [6, 6.07) is 10.6. The number of halogens is 2. The number of rotatable bonds is 7. The highest BCUT2D eigenvalue weighted by molar-refractivity contribution is 9.10. The van der Waals surface area contributed by atoms with Gasteiger partial charge in [-0.25, -0.2) is 5.43 Å². The Bertz CT molecular complexity index is 811. The van der Waals surface area contributed by atoms with Crippen molar-refractivity contribution in [3.8, 4) is 11.5 Å². The third-order valence-corrected chi connectivity index (χ3v) is 4.62. The van der Waals surface area contributed by atoms with E-state index in [1.54, 1.807) is 37.4 Å². The number of methoxy groups -OCH3 is 1. The zero-order valence-electron chi connectivity index (χ0n) is 14.8. The predicted octanol–water partition coefficient (Wildman–Crippen LogP) is 5.05. The van der Waals surface area contributed by atoms with Gasteiger partial charge in [-0.15, -0.1) is 0 Å². The minimum Gasteiger partial charge on any atom is -0.493 e. The second kappa shape index (κ2) is 9.59. The molecule has 0 aromatic heterocycles. The number of nitrogens with zero attached hydrogens (tertiary/aromatic N) is 1. The summed E-state index contributed by atoms with van der Waals surface area (Å²) in [7, 11) is 1.55. The van der Waals surface area contributed by atoms with Gasteiger partial charge >= 0.3 is 0 Å². The van der Waals surface area contributed by atoms with Crippen molar-refractivity contribution < 1.29 is 14.3 Å². The zero-order valence-corrected chi connectivity index (χ0v) is 17.1. The van der Waals surface area contributed by atoms with Crippen molar-refractivity contribution in [2.45, 2.75) is 26.4 Å². The first-order chi connectivity index (χ1) is 12.5. The molecule has 2 rings (SSSR count). The van der Waals surface area contributed by atoms with Gasteiger partial charge in [0.05, 0.1) is 30.0 Å². The number of hydrogen-bond donors (Lipinski definition) is 1. The first kappa shape index (κ1) is 20.3. The summed E-state index contributed by atoms with van der Waals surface area (Å²) in [6.45, 7) is 3.99. The zero-order chi connectivity index (χ0) is 19.1. The van der Waals surface area contributed by atoms with Gasteiger partial charge in [-0.1, -0.05) is 30.7 Å². The van der Waals surface area contributed by atoms with Crippen molar-refractivity contribution >= 4 is 39.7 Å². The first-order valence-corrected chi connectivity index (χ1v) is 9.25. The Hall–Kier alpha value is -2.05. The van der Waals surface area contributed by atoms with Crippen LogP contribution in [0.5, 0.6) is 11.5 Å². The number of hydrogen-bond acceptors (Lipinski definition) is 4. The summed E-state index contributed by atoms with van der Waals surface area (Å²) in [4.78, 5) is 12.1. The minimum absolute atomic E-state index is 0.0181. The van der Waals surface area contributed by atoms with E-state index in [4.69, 9.17) is 21.1 Å². The molecule has 0 aliphatic heterocycles. The van der Waals surface area contributed by atoms with Gasteiger partial charge in [-0.05, 0) is 59.1 Å². The maximum Gasteiger partial charge on any atom is 0.272 e. The molecule has 0 saturated heterocycles. The number of benzene rings is 2. The molecule has 0 fully saturated rings. The summed E-state index contributed by atoms with van der Waals surface area (Å²) in [5.74, 6) is 0.692. The van der Waals surface area contributed by atoms with E-state index in [1.165, 1.54) is 6.21 Å². The highest BCUT2D eigenvalue weighted by Gasteiger charge is 2.14. The Kier molecular flexibility index (Phi) is 7.48. The number of carbonyl (C=O) groups excluding carboxylic acids is 1. The molecule has 0 aliphatic rings. The van der Waals surface area contributed by atoms with Gasteiger partial charge in [0.1, 0.15) is 0 Å². The highest BCUT2D eigenvalue weighted by Crippen LogP contribution is 2.37. The van der Waals surface area contributed by atoms with Crippen LogP contribution < -0.4 is 14.9 Å². The normalized spacial score (nSPS) is 12.0. The summed E-state index contributed by atoms with van der Waals surface area (Å²) in [6.07, 6.45) is 2.37. The molecule has 0 aliphatic carbocycles. The monoisotopic (exact) mass is 438 g/mol. The molecule has 1 atom stereocenters. The lowest BCUT2D eigenvalue weighted by Crippen LogP contribution is -2.18. The summed E-state index contributed by atoms with van der Waals surface area (Å²) in [5, 5.41) is 4.40. The van der Waals surface area contributed by atoms with Crippen LogP contribution in [0.3, 0.4) is 0 Å². The van der Waals surface area contributed by atoms with E-state index in [-0.39, 0.29) is 12.0 Å². The molecule has 1 amide bonds. The van der Waals surface area contributed by atoms with E-state index in [1.807, 2.05) is 19.9 Å². The molecule has 138 valence electrons. The van der Waals surface area contributed by atoms with Gasteiger partial charge in [0.25, 0.3) is 5.91 Å². The fourth-order valence-corrected chi connectivity index (χ4v) is 2.81. The molecule has 2 aromatic carbocycles. The van der Waals surface area contributed by atoms with Crippen molar-refractivity contribution in [2.24, 2.45) is 5.10 Å². The largest absolute Gasteiger partial charge is 0.493 e. The standard InChI is InChI=1S/C19H20BrClN2O3/c1-4-12(2)26-18-16(21)9-13(10-17(18)25-3)11-22-23-19(24)14-7-5-6-8-15(14)20/h5-12H,4H2,1-3H3,(H,23,24). The number of amides is 1. The van der Waals surface area contributed by atoms with Crippen LogP contribution in [0.2, 0.25) is 5.02 Å². The van der Waals surface area contributed by atoms with Crippen LogP contribution in [0.1, 0.15) is 36.2 Å². The Balaban J connectivity index is 2.14. The van der Waals surface area contributed by atoms with E-state index in [9.17, 15) is 4.79 Å². The molecule has 26 heavy (non-hydrogen) atoms. The second-order valence-corrected chi connectivity index (χ2v) is 6.81. The highest BCUT2D eigenvalue weighted by atomic mass is 79.9. The van der Waals surface area contributed by atoms with Crippen LogP contribution in [0.25, 0.3) is 0 Å². The molecule has 1 N–H and O–H groups in total. The minimum atomic E-state index is -0.316. The van der Waals surface area contributed by atoms with E-state index in [0.717, 1.165) is 6.42 Å². The van der Waals surface area contributed by atoms with Gasteiger partial charge in [0, 0.05) is 4.47 Å². The molecular weight excluding hydrogens is 420 g/mol. The smallest absolute Gasteiger partial charge is 0.272 e. The SMILES string of the molecule is CCC(C)Oc1c(Cl)cc(C=NNC(=O)c2ccccc2Br)cc1OC. The number of hydrazone groups is 1. The molecule has 5 nitrogen and oxygen atoms in total. The molecule has 0 saturated carbocycles. The summed E-state index contributed by atoms with van der Waals surface area (Å²) in [5.41, 5.74) is 3.66. The van der Waals surface area contributed by atoms with Crippen molar-refractivity contribution in [1.82, 2.24) is 5.43 Å². The lowest BCUT2D eigenvalue weighted by molar-refractivity contribution is 0.0954. The van der Waals surface area contributed by atoms with E-state index in [2.05, 4.69) is 26.5 Å². The molecular formula is C19H20BrClN2O3. The Labute approximate surface area is 166 Å². The molecule has 1 unspecified atom stereocenters. The van der Waals surface area contributed by atoms with Crippen LogP contribution >= 0.6 is 27.5 Å². The number of nitrogens with one attached hydrogen (secondary N) is 1. The average molecular weight is 440 g/mol. The van der Waals surface area contributed by atoms with E-state index < -0.39 is 0 Å². The van der Waals surface area contributed by atoms with Crippen molar-refractivity contribution in [1.29, 1.82) is 0 Å². The average Bonchev–Trinajstić information content (AvgIpc) is 2.63. The summed E-state index contributed by atoms with van der Waals surface area (Å²) < 4.78 is 11.9. The van der Waals surface area contributed by atoms with Gasteiger partial charge in [-0.2, -0.15) is 5.10 Å². The van der Waals surface area contributed by atoms with Gasteiger partial charge < -0.3 is 9.47 Å². The molecule has 0 bridgehead atoms. The number of carbonyl (C=O) groups is 1. The maximum absolute atomic E-state index is 12.1. The Morgan fingerprint density at radius 3 is 2.77 bits per heavy atom. The topological polar surface area (TPSA) is 59.9 Å². The predicted molar refractivity (Wildman–Crippen MR) is 108 cm³/mol. The van der Waals surface area contributed by atoms with Crippen molar-refractivity contribution in [2.75, 3.05) is 7.11 Å². The third-order valence-electron chi connectivity index (χ3n) is 3.64. The van der Waals surface area contributed by atoms with Crippen molar-refractivity contribution in [3.63, 3.8) is 0 Å². The lowest BCUT2D eigenvalue weighted by Gasteiger charge is -2.17. The van der Waals surface area contributed by atoms with Crippen LogP contribution in [0.15, 0.2) is 46.0 Å². The molecule has 0 radical (unpaired) electrons. The van der Waals surface area contributed by atoms with Gasteiger partial charge in [0.2, 0.25) is 0 Å². The molecule has 0 heterocycles. The maximum atomic E-state index is 12.1. The van der Waals surface area contributed by atoms with Crippen LogP contribution in [0, 0.1) is 0 Å². The fourth-order valence-electron chi connectivity index (χ4n) is 2.08. The first-order valence-electron chi connectivity index (χ1n) is 8.08. The fraction of sp³-hybridized carbons (Fsp3) is 0.263. The molecule has 0 spiro atoms. The van der Waals surface area contributed by atoms with Crippen LogP contribution in [0.4, 0.5) is 0 Å². The van der Waals surface area contributed by atoms with Crippen molar-refractivity contribution in [3.05, 3.63) is 57.0 Å². The number of ether oxygens (including phenoxy) is 2. The molecule has 2 aromatic rings. The Morgan fingerprint density at radius 2 is 2.12 bits per heavy atom. The van der Waals surface area contributed by atoms with Gasteiger partial charge in [-0.3, -0.25) is 4.79 Å². The Morgan fingerprint density at radius 1 is 1.38 bits per heavy atom. The van der Waals surface area contributed by atoms with Gasteiger partial charge in [0.15, 0.2) is 11.5 Å². The quantitative estimate of drug-likeness (QED) is 0.485. The van der Waals surface area contributed by atoms with E-state index in [0.29, 0.717) is 32.1 Å². The lowest BCUT2D eigenvalue weighted by atomic mass is 10.2. The third kappa shape index (κ3) is 5.22.